The van der Waals surface area contributed by atoms with Gasteiger partial charge in [0, 0.05) is 19.3 Å². The molecule has 2 rings (SSSR count). The second-order valence-electron chi connectivity index (χ2n) is 4.40. The second-order valence-corrected chi connectivity index (χ2v) is 8.61. The van der Waals surface area contributed by atoms with Crippen molar-refractivity contribution in [3.63, 3.8) is 0 Å². The van der Waals surface area contributed by atoms with Gasteiger partial charge in [0.2, 0.25) is 10.0 Å². The molecule has 0 radical (unpaired) electrons. The largest absolute Gasteiger partial charge is 0.307 e. The summed E-state index contributed by atoms with van der Waals surface area (Å²) in [6.45, 7) is 0.115. The molecule has 0 saturated carbocycles. The molecule has 1 aliphatic heterocycles. The summed E-state index contributed by atoms with van der Waals surface area (Å²) in [5.41, 5.74) is 2.24. The van der Waals surface area contributed by atoms with Crippen molar-refractivity contribution in [2.24, 2.45) is 5.84 Å². The first-order valence-corrected chi connectivity index (χ1v) is 9.25. The van der Waals surface area contributed by atoms with Crippen LogP contribution < -0.4 is 11.3 Å². The SMILES string of the molecule is NNc1ncccc1S(=O)(=O)N1CCCS(=O)(=O)CC1. The number of hydrogen-bond acceptors (Lipinski definition) is 7. The van der Waals surface area contributed by atoms with Crippen molar-refractivity contribution < 1.29 is 16.8 Å². The molecule has 8 nitrogen and oxygen atoms in total. The van der Waals surface area contributed by atoms with Crippen LogP contribution in [-0.2, 0) is 19.9 Å². The van der Waals surface area contributed by atoms with E-state index in [-0.39, 0.29) is 41.7 Å². The van der Waals surface area contributed by atoms with Gasteiger partial charge >= 0.3 is 0 Å². The third-order valence-corrected chi connectivity index (χ3v) is 6.69. The molecule has 1 aromatic rings. The van der Waals surface area contributed by atoms with Crippen LogP contribution in [0.1, 0.15) is 6.42 Å². The number of aromatic nitrogens is 1. The molecule has 0 aliphatic carbocycles. The number of nitrogens with one attached hydrogen (secondary N) is 1. The molecule has 3 N–H and O–H groups in total. The number of hydrogen-bond donors (Lipinski definition) is 2. The molecule has 0 bridgehead atoms. The van der Waals surface area contributed by atoms with Crippen molar-refractivity contribution in [1.29, 1.82) is 0 Å². The van der Waals surface area contributed by atoms with Crippen molar-refractivity contribution in [1.82, 2.24) is 9.29 Å². The Hall–Kier alpha value is -1.23. The summed E-state index contributed by atoms with van der Waals surface area (Å²) in [7, 11) is -6.99. The van der Waals surface area contributed by atoms with Crippen molar-refractivity contribution in [2.75, 3.05) is 30.0 Å². The van der Waals surface area contributed by atoms with E-state index in [1.807, 2.05) is 0 Å². The molecule has 20 heavy (non-hydrogen) atoms. The Bertz CT molecular complexity index is 687. The molecule has 1 fully saturated rings. The Morgan fingerprint density at radius 3 is 2.75 bits per heavy atom. The van der Waals surface area contributed by atoms with E-state index < -0.39 is 19.9 Å². The zero-order valence-electron chi connectivity index (χ0n) is 10.7. The highest BCUT2D eigenvalue weighted by Crippen LogP contribution is 2.23. The Morgan fingerprint density at radius 1 is 1.30 bits per heavy atom. The number of sulfonamides is 1. The number of anilines is 1. The lowest BCUT2D eigenvalue weighted by atomic mass is 10.5. The summed E-state index contributed by atoms with van der Waals surface area (Å²) in [5, 5.41) is 0. The van der Waals surface area contributed by atoms with Crippen molar-refractivity contribution in [3.05, 3.63) is 18.3 Å². The quantitative estimate of drug-likeness (QED) is 0.551. The number of nitrogen functional groups attached to an aromatic ring is 1. The second kappa shape index (κ2) is 5.64. The summed E-state index contributed by atoms with van der Waals surface area (Å²) in [6, 6.07) is 2.87. The predicted octanol–water partition coefficient (Wildman–Crippen LogP) is -0.824. The summed E-state index contributed by atoms with van der Waals surface area (Å²) in [4.78, 5) is 3.80. The molecule has 0 spiro atoms. The van der Waals surface area contributed by atoms with Gasteiger partial charge in [-0.05, 0) is 18.6 Å². The highest BCUT2D eigenvalue weighted by molar-refractivity contribution is 7.91. The monoisotopic (exact) mass is 320 g/mol. The number of rotatable bonds is 3. The van der Waals surface area contributed by atoms with Crippen molar-refractivity contribution in [3.8, 4) is 0 Å². The van der Waals surface area contributed by atoms with E-state index >= 15 is 0 Å². The van der Waals surface area contributed by atoms with Gasteiger partial charge in [0.05, 0.1) is 11.5 Å². The topological polar surface area (TPSA) is 122 Å². The zero-order chi connectivity index (χ0) is 14.8. The van der Waals surface area contributed by atoms with Gasteiger partial charge in [0.15, 0.2) is 15.7 Å². The van der Waals surface area contributed by atoms with Gasteiger partial charge in [0.1, 0.15) is 4.90 Å². The summed E-state index contributed by atoms with van der Waals surface area (Å²) >= 11 is 0. The van der Waals surface area contributed by atoms with Crippen LogP contribution in [0.2, 0.25) is 0 Å². The standard InChI is InChI=1S/C10H16N4O4S2/c11-13-10-9(3-1-4-12-10)20(17,18)14-5-2-7-19(15,16)8-6-14/h1,3-4H,2,5-8,11H2,(H,12,13). The number of hydrazine groups is 1. The number of nitrogens with two attached hydrogens (primary N) is 1. The van der Waals surface area contributed by atoms with E-state index in [0.29, 0.717) is 0 Å². The molecule has 0 atom stereocenters. The van der Waals surface area contributed by atoms with Crippen LogP contribution >= 0.6 is 0 Å². The van der Waals surface area contributed by atoms with Gasteiger partial charge in [-0.1, -0.05) is 0 Å². The smallest absolute Gasteiger partial charge is 0.246 e. The van der Waals surface area contributed by atoms with E-state index in [0.717, 1.165) is 4.31 Å². The highest BCUT2D eigenvalue weighted by Gasteiger charge is 2.30. The van der Waals surface area contributed by atoms with Gasteiger partial charge < -0.3 is 5.43 Å². The average Bonchev–Trinajstić information content (AvgIpc) is 2.60. The van der Waals surface area contributed by atoms with Crippen LogP contribution in [0.3, 0.4) is 0 Å². The Balaban J connectivity index is 2.35. The van der Waals surface area contributed by atoms with E-state index in [1.165, 1.54) is 18.3 Å². The molecule has 112 valence electrons. The lowest BCUT2D eigenvalue weighted by molar-refractivity contribution is 0.434. The number of sulfone groups is 1. The van der Waals surface area contributed by atoms with Crippen molar-refractivity contribution >= 4 is 25.7 Å². The lowest BCUT2D eigenvalue weighted by Gasteiger charge is -2.20. The fraction of sp³-hybridized carbons (Fsp3) is 0.500. The highest BCUT2D eigenvalue weighted by atomic mass is 32.2. The van der Waals surface area contributed by atoms with E-state index in [9.17, 15) is 16.8 Å². The molecular weight excluding hydrogens is 304 g/mol. The predicted molar refractivity (Wildman–Crippen MR) is 74.1 cm³/mol. The van der Waals surface area contributed by atoms with Crippen LogP contribution in [0.15, 0.2) is 23.2 Å². The van der Waals surface area contributed by atoms with Gasteiger partial charge in [-0.15, -0.1) is 0 Å². The maximum absolute atomic E-state index is 12.5. The lowest BCUT2D eigenvalue weighted by Crippen LogP contribution is -2.34. The number of pyridine rings is 1. The molecule has 0 unspecified atom stereocenters. The Kier molecular flexibility index (Phi) is 4.28. The maximum Gasteiger partial charge on any atom is 0.246 e. The van der Waals surface area contributed by atoms with Crippen molar-refractivity contribution in [2.45, 2.75) is 11.3 Å². The van der Waals surface area contributed by atoms with Gasteiger partial charge in [-0.3, -0.25) is 0 Å². The summed E-state index contributed by atoms with van der Waals surface area (Å²) in [5.74, 6) is 5.14. The molecule has 1 saturated heterocycles. The molecule has 1 aromatic heterocycles. The molecule has 2 heterocycles. The number of nitrogens with zero attached hydrogens (tertiary/aromatic N) is 2. The third-order valence-electron chi connectivity index (χ3n) is 3.04. The van der Waals surface area contributed by atoms with E-state index in [2.05, 4.69) is 10.4 Å². The third kappa shape index (κ3) is 3.08. The molecular formula is C10H16N4O4S2. The summed E-state index contributed by atoms with van der Waals surface area (Å²) < 4.78 is 49.3. The zero-order valence-corrected chi connectivity index (χ0v) is 12.3. The minimum absolute atomic E-state index is 0.00799. The van der Waals surface area contributed by atoms with Gasteiger partial charge in [0.25, 0.3) is 0 Å². The molecule has 10 heteroatoms. The summed E-state index contributed by atoms with van der Waals surface area (Å²) in [6.07, 6.45) is 1.70. The first kappa shape index (κ1) is 15.2. The van der Waals surface area contributed by atoms with Crippen LogP contribution in [0.4, 0.5) is 5.82 Å². The minimum Gasteiger partial charge on any atom is -0.307 e. The Labute approximate surface area is 117 Å². The molecule has 0 aromatic carbocycles. The van der Waals surface area contributed by atoms with E-state index in [4.69, 9.17) is 5.84 Å². The van der Waals surface area contributed by atoms with E-state index in [1.54, 1.807) is 0 Å². The maximum atomic E-state index is 12.5. The van der Waals surface area contributed by atoms with Gasteiger partial charge in [-0.25, -0.2) is 27.7 Å². The first-order valence-electron chi connectivity index (χ1n) is 5.99. The Morgan fingerprint density at radius 2 is 2.05 bits per heavy atom. The van der Waals surface area contributed by atoms with Crippen LogP contribution in [0.25, 0.3) is 0 Å². The fourth-order valence-corrected chi connectivity index (χ4v) is 4.98. The van der Waals surface area contributed by atoms with Gasteiger partial charge in [-0.2, -0.15) is 4.31 Å². The van der Waals surface area contributed by atoms with Crippen LogP contribution in [-0.4, -0.2) is 50.7 Å². The fourth-order valence-electron chi connectivity index (χ4n) is 2.00. The molecule has 0 amide bonds. The normalized spacial score (nSPS) is 20.2. The molecule has 1 aliphatic rings. The first-order chi connectivity index (χ1) is 9.37. The van der Waals surface area contributed by atoms with Crippen LogP contribution in [0, 0.1) is 0 Å². The average molecular weight is 320 g/mol. The van der Waals surface area contributed by atoms with Crippen LogP contribution in [0.5, 0.6) is 0 Å². The minimum atomic E-state index is -3.81.